The molecule has 2 N–H and O–H groups in total. The summed E-state index contributed by atoms with van der Waals surface area (Å²) in [6.45, 7) is 2.49. The molecule has 0 heterocycles. The monoisotopic (exact) mass is 332 g/mol. The third kappa shape index (κ3) is 3.61. The van der Waals surface area contributed by atoms with Gasteiger partial charge in [0.1, 0.15) is 0 Å². The number of amides is 1. The Morgan fingerprint density at radius 3 is 2.50 bits per heavy atom. The van der Waals surface area contributed by atoms with Crippen LogP contribution in [-0.2, 0) is 6.54 Å². The van der Waals surface area contributed by atoms with Gasteiger partial charge in [-0.2, -0.15) is 0 Å². The summed E-state index contributed by atoms with van der Waals surface area (Å²) in [5.74, 6) is -0.0685. The van der Waals surface area contributed by atoms with E-state index >= 15 is 0 Å². The fourth-order valence-electron chi connectivity index (χ4n) is 1.94. The van der Waals surface area contributed by atoms with Crippen molar-refractivity contribution in [2.24, 2.45) is 0 Å². The number of benzene rings is 2. The standard InChI is InChI=1S/C16H17BrN2O/c1-11-3-8-15(18-2)14(9-11)16(20)19-10-12-4-6-13(17)7-5-12/h3-9,18H,10H2,1-2H3,(H,19,20). The summed E-state index contributed by atoms with van der Waals surface area (Å²) in [5, 5.41) is 5.98. The van der Waals surface area contributed by atoms with Crippen LogP contribution in [0.15, 0.2) is 46.9 Å². The number of halogens is 1. The summed E-state index contributed by atoms with van der Waals surface area (Å²) in [6.07, 6.45) is 0. The smallest absolute Gasteiger partial charge is 0.253 e. The van der Waals surface area contributed by atoms with Crippen molar-refractivity contribution >= 4 is 27.5 Å². The van der Waals surface area contributed by atoms with Crippen molar-refractivity contribution in [1.82, 2.24) is 5.32 Å². The minimum atomic E-state index is -0.0685. The Morgan fingerprint density at radius 1 is 1.15 bits per heavy atom. The zero-order valence-electron chi connectivity index (χ0n) is 11.5. The maximum Gasteiger partial charge on any atom is 0.253 e. The lowest BCUT2D eigenvalue weighted by molar-refractivity contribution is 0.0951. The molecule has 20 heavy (non-hydrogen) atoms. The SMILES string of the molecule is CNc1ccc(C)cc1C(=O)NCc1ccc(Br)cc1. The van der Waals surface area contributed by atoms with E-state index in [1.807, 2.05) is 56.4 Å². The van der Waals surface area contributed by atoms with Crippen LogP contribution in [-0.4, -0.2) is 13.0 Å². The van der Waals surface area contributed by atoms with Crippen molar-refractivity contribution in [3.05, 3.63) is 63.6 Å². The molecule has 0 aromatic heterocycles. The van der Waals surface area contributed by atoms with E-state index in [1.54, 1.807) is 0 Å². The number of carbonyl (C=O) groups is 1. The van der Waals surface area contributed by atoms with E-state index in [0.29, 0.717) is 12.1 Å². The quantitative estimate of drug-likeness (QED) is 0.895. The highest BCUT2D eigenvalue weighted by Crippen LogP contribution is 2.17. The first-order chi connectivity index (χ1) is 9.60. The van der Waals surface area contributed by atoms with E-state index < -0.39 is 0 Å². The topological polar surface area (TPSA) is 41.1 Å². The van der Waals surface area contributed by atoms with Crippen molar-refractivity contribution in [3.63, 3.8) is 0 Å². The van der Waals surface area contributed by atoms with Gasteiger partial charge in [0.05, 0.1) is 5.56 Å². The molecule has 0 aliphatic carbocycles. The highest BCUT2D eigenvalue weighted by atomic mass is 79.9. The van der Waals surface area contributed by atoms with Crippen molar-refractivity contribution in [2.75, 3.05) is 12.4 Å². The molecule has 0 saturated heterocycles. The Balaban J connectivity index is 2.08. The summed E-state index contributed by atoms with van der Waals surface area (Å²) in [4.78, 5) is 12.3. The van der Waals surface area contributed by atoms with Crippen LogP contribution in [0.25, 0.3) is 0 Å². The molecule has 2 aromatic rings. The predicted octanol–water partition coefficient (Wildman–Crippen LogP) is 3.73. The van der Waals surface area contributed by atoms with Gasteiger partial charge in [0.25, 0.3) is 5.91 Å². The van der Waals surface area contributed by atoms with E-state index in [9.17, 15) is 4.79 Å². The Hall–Kier alpha value is -1.81. The molecule has 0 aliphatic heterocycles. The Bertz CT molecular complexity index is 608. The average Bonchev–Trinajstić information content (AvgIpc) is 2.46. The van der Waals surface area contributed by atoms with E-state index in [-0.39, 0.29) is 5.91 Å². The van der Waals surface area contributed by atoms with Crippen LogP contribution >= 0.6 is 15.9 Å². The molecule has 0 bridgehead atoms. The molecule has 0 aliphatic rings. The number of hydrogen-bond donors (Lipinski definition) is 2. The second-order valence-corrected chi connectivity index (χ2v) is 5.52. The van der Waals surface area contributed by atoms with Crippen LogP contribution in [0.1, 0.15) is 21.5 Å². The molecule has 0 saturated carbocycles. The minimum absolute atomic E-state index is 0.0685. The minimum Gasteiger partial charge on any atom is -0.387 e. The highest BCUT2D eigenvalue weighted by Gasteiger charge is 2.10. The van der Waals surface area contributed by atoms with Crippen molar-refractivity contribution < 1.29 is 4.79 Å². The number of aryl methyl sites for hydroxylation is 1. The first kappa shape index (κ1) is 14.6. The number of anilines is 1. The Labute approximate surface area is 127 Å². The van der Waals surface area contributed by atoms with Crippen LogP contribution < -0.4 is 10.6 Å². The fourth-order valence-corrected chi connectivity index (χ4v) is 2.21. The second-order valence-electron chi connectivity index (χ2n) is 4.61. The van der Waals surface area contributed by atoms with Gasteiger partial charge >= 0.3 is 0 Å². The molecule has 3 nitrogen and oxygen atoms in total. The lowest BCUT2D eigenvalue weighted by Crippen LogP contribution is -2.23. The summed E-state index contributed by atoms with van der Waals surface area (Å²) in [7, 11) is 1.82. The molecule has 2 aromatic carbocycles. The molecule has 0 radical (unpaired) electrons. The van der Waals surface area contributed by atoms with Gasteiger partial charge in [-0.3, -0.25) is 4.79 Å². The van der Waals surface area contributed by atoms with Crippen LogP contribution in [0.4, 0.5) is 5.69 Å². The summed E-state index contributed by atoms with van der Waals surface area (Å²) < 4.78 is 1.03. The van der Waals surface area contributed by atoms with E-state index in [0.717, 1.165) is 21.3 Å². The molecule has 4 heteroatoms. The lowest BCUT2D eigenvalue weighted by atomic mass is 10.1. The lowest BCUT2D eigenvalue weighted by Gasteiger charge is -2.11. The van der Waals surface area contributed by atoms with Gasteiger partial charge in [-0.1, -0.05) is 39.7 Å². The van der Waals surface area contributed by atoms with Crippen LogP contribution in [0.5, 0.6) is 0 Å². The highest BCUT2D eigenvalue weighted by molar-refractivity contribution is 9.10. The van der Waals surface area contributed by atoms with Gasteiger partial charge in [0.15, 0.2) is 0 Å². The average molecular weight is 333 g/mol. The second kappa shape index (κ2) is 6.57. The van der Waals surface area contributed by atoms with Crippen LogP contribution in [0.3, 0.4) is 0 Å². The van der Waals surface area contributed by atoms with Gasteiger partial charge in [-0.15, -0.1) is 0 Å². The van der Waals surface area contributed by atoms with E-state index in [1.165, 1.54) is 0 Å². The molecule has 0 atom stereocenters. The van der Waals surface area contributed by atoms with Crippen LogP contribution in [0.2, 0.25) is 0 Å². The van der Waals surface area contributed by atoms with Crippen LogP contribution in [0, 0.1) is 6.92 Å². The molecule has 0 fully saturated rings. The largest absolute Gasteiger partial charge is 0.387 e. The Kier molecular flexibility index (Phi) is 4.79. The molecule has 0 unspecified atom stereocenters. The molecule has 104 valence electrons. The van der Waals surface area contributed by atoms with Crippen molar-refractivity contribution in [1.29, 1.82) is 0 Å². The molecule has 0 spiro atoms. The molecular formula is C16H17BrN2O. The Morgan fingerprint density at radius 2 is 1.85 bits per heavy atom. The number of carbonyl (C=O) groups excluding carboxylic acids is 1. The van der Waals surface area contributed by atoms with Gasteiger partial charge in [-0.25, -0.2) is 0 Å². The van der Waals surface area contributed by atoms with Gasteiger partial charge < -0.3 is 10.6 Å². The zero-order chi connectivity index (χ0) is 14.5. The number of nitrogens with one attached hydrogen (secondary N) is 2. The van der Waals surface area contributed by atoms with Crippen molar-refractivity contribution in [2.45, 2.75) is 13.5 Å². The number of rotatable bonds is 4. The zero-order valence-corrected chi connectivity index (χ0v) is 13.1. The summed E-state index contributed by atoms with van der Waals surface area (Å²) in [6, 6.07) is 13.7. The van der Waals surface area contributed by atoms with Gasteiger partial charge in [0, 0.05) is 23.8 Å². The summed E-state index contributed by atoms with van der Waals surface area (Å²) >= 11 is 3.39. The molecular weight excluding hydrogens is 316 g/mol. The third-order valence-electron chi connectivity index (χ3n) is 3.06. The molecule has 1 amide bonds. The fraction of sp³-hybridized carbons (Fsp3) is 0.188. The number of hydrogen-bond acceptors (Lipinski definition) is 2. The van der Waals surface area contributed by atoms with Gasteiger partial charge in [0.2, 0.25) is 0 Å². The maximum atomic E-state index is 12.3. The van der Waals surface area contributed by atoms with Gasteiger partial charge in [-0.05, 0) is 36.8 Å². The predicted molar refractivity (Wildman–Crippen MR) is 86.0 cm³/mol. The normalized spacial score (nSPS) is 10.2. The maximum absolute atomic E-state index is 12.3. The van der Waals surface area contributed by atoms with Crippen molar-refractivity contribution in [3.8, 4) is 0 Å². The van der Waals surface area contributed by atoms with E-state index in [2.05, 4.69) is 26.6 Å². The summed E-state index contributed by atoms with van der Waals surface area (Å²) in [5.41, 5.74) is 3.64. The van der Waals surface area contributed by atoms with E-state index in [4.69, 9.17) is 0 Å². The first-order valence-electron chi connectivity index (χ1n) is 6.41. The third-order valence-corrected chi connectivity index (χ3v) is 3.58. The molecule has 2 rings (SSSR count). The first-order valence-corrected chi connectivity index (χ1v) is 7.20.